The van der Waals surface area contributed by atoms with Gasteiger partial charge in [-0.1, -0.05) is 18.2 Å². The largest absolute Gasteiger partial charge is 0.507 e. The van der Waals surface area contributed by atoms with E-state index >= 15 is 0 Å². The van der Waals surface area contributed by atoms with Gasteiger partial charge in [0, 0.05) is 14.7 Å². The van der Waals surface area contributed by atoms with Crippen molar-refractivity contribution < 1.29 is 9.90 Å². The van der Waals surface area contributed by atoms with Crippen LogP contribution >= 0.6 is 22.6 Å². The van der Waals surface area contributed by atoms with Gasteiger partial charge < -0.3 is 5.11 Å². The quantitative estimate of drug-likeness (QED) is 0.488. The van der Waals surface area contributed by atoms with Crippen LogP contribution in [0.2, 0.25) is 0 Å². The molecule has 2 N–H and O–H groups in total. The zero-order valence-electron chi connectivity index (χ0n) is 10.8. The Kier molecular flexibility index (Phi) is 4.73. The second-order valence-electron chi connectivity index (χ2n) is 4.17. The first kappa shape index (κ1) is 14.5. The predicted octanol–water partition coefficient (Wildman–Crippen LogP) is 3.15. The Morgan fingerprint density at radius 1 is 1.20 bits per heavy atom. The molecule has 4 nitrogen and oxygen atoms in total. The van der Waals surface area contributed by atoms with Crippen molar-refractivity contribution in [3.05, 3.63) is 63.2 Å². The van der Waals surface area contributed by atoms with Gasteiger partial charge in [-0.2, -0.15) is 5.10 Å². The summed E-state index contributed by atoms with van der Waals surface area (Å²) >= 11 is 2.15. The molecule has 0 aromatic heterocycles. The molecule has 0 fully saturated rings. The van der Waals surface area contributed by atoms with E-state index in [1.165, 1.54) is 0 Å². The summed E-state index contributed by atoms with van der Waals surface area (Å²) in [5, 5.41) is 13.7. The average Bonchev–Trinajstić information content (AvgIpc) is 2.45. The molecular weight excluding hydrogens is 367 g/mol. The smallest absolute Gasteiger partial charge is 0.271 e. The van der Waals surface area contributed by atoms with E-state index in [4.69, 9.17) is 0 Å². The van der Waals surface area contributed by atoms with E-state index in [0.717, 1.165) is 3.57 Å². The van der Waals surface area contributed by atoms with E-state index in [1.807, 2.05) is 12.1 Å². The minimum atomic E-state index is -0.279. The van der Waals surface area contributed by atoms with Crippen LogP contribution in [0.25, 0.3) is 0 Å². The number of carbonyl (C=O) groups is 1. The normalized spacial score (nSPS) is 11.2. The molecule has 5 heteroatoms. The Morgan fingerprint density at radius 3 is 2.65 bits per heavy atom. The van der Waals surface area contributed by atoms with Gasteiger partial charge in [0.1, 0.15) is 5.75 Å². The number of nitrogens with one attached hydrogen (secondary N) is 1. The molecule has 0 unspecified atom stereocenters. The van der Waals surface area contributed by atoms with Crippen LogP contribution in [-0.4, -0.2) is 16.7 Å². The lowest BCUT2D eigenvalue weighted by atomic mass is 10.1. The maximum Gasteiger partial charge on any atom is 0.271 e. The van der Waals surface area contributed by atoms with Gasteiger partial charge in [-0.3, -0.25) is 4.79 Å². The van der Waals surface area contributed by atoms with E-state index < -0.39 is 0 Å². The minimum Gasteiger partial charge on any atom is -0.507 e. The van der Waals surface area contributed by atoms with Crippen molar-refractivity contribution in [3.8, 4) is 5.75 Å². The number of phenols is 1. The van der Waals surface area contributed by atoms with Crippen LogP contribution in [0.4, 0.5) is 0 Å². The van der Waals surface area contributed by atoms with E-state index in [1.54, 1.807) is 43.3 Å². The zero-order chi connectivity index (χ0) is 14.5. The molecule has 102 valence electrons. The highest BCUT2D eigenvalue weighted by atomic mass is 127. The predicted molar refractivity (Wildman–Crippen MR) is 86.9 cm³/mol. The first-order valence-corrected chi connectivity index (χ1v) is 7.04. The van der Waals surface area contributed by atoms with Crippen molar-refractivity contribution in [2.75, 3.05) is 0 Å². The molecule has 2 aromatic carbocycles. The summed E-state index contributed by atoms with van der Waals surface area (Å²) < 4.78 is 0.983. The Labute approximate surface area is 130 Å². The highest BCUT2D eigenvalue weighted by Gasteiger charge is 2.06. The standard InChI is InChI=1S/C15H13IN2O2/c1-10(13-7-2-3-8-14(13)19)17-18-15(20)11-5-4-6-12(16)9-11/h2-9,19H,1H3,(H,18,20)/b17-10-. The summed E-state index contributed by atoms with van der Waals surface area (Å²) in [4.78, 5) is 11.9. The van der Waals surface area contributed by atoms with Crippen molar-refractivity contribution in [2.24, 2.45) is 5.10 Å². The van der Waals surface area contributed by atoms with Crippen LogP contribution in [-0.2, 0) is 0 Å². The lowest BCUT2D eigenvalue weighted by Crippen LogP contribution is -2.19. The fraction of sp³-hybridized carbons (Fsp3) is 0.0667. The first-order chi connectivity index (χ1) is 9.58. The molecule has 1 amide bonds. The van der Waals surface area contributed by atoms with Crippen molar-refractivity contribution in [1.29, 1.82) is 0 Å². The third-order valence-corrected chi connectivity index (χ3v) is 3.38. The molecule has 0 heterocycles. The highest BCUT2D eigenvalue weighted by Crippen LogP contribution is 2.16. The number of hydrogen-bond acceptors (Lipinski definition) is 3. The van der Waals surface area contributed by atoms with Gasteiger partial charge >= 0.3 is 0 Å². The number of amides is 1. The van der Waals surface area contributed by atoms with E-state index in [0.29, 0.717) is 16.8 Å². The highest BCUT2D eigenvalue weighted by molar-refractivity contribution is 14.1. The Hall–Kier alpha value is -1.89. The summed E-state index contributed by atoms with van der Waals surface area (Å²) in [7, 11) is 0. The number of halogens is 1. The van der Waals surface area contributed by atoms with Gasteiger partial charge in [0.05, 0.1) is 5.71 Å². The van der Waals surface area contributed by atoms with Crippen LogP contribution in [0, 0.1) is 3.57 Å². The summed E-state index contributed by atoms with van der Waals surface area (Å²) in [5.41, 5.74) is 4.17. The summed E-state index contributed by atoms with van der Waals surface area (Å²) in [5.74, 6) is -0.143. The first-order valence-electron chi connectivity index (χ1n) is 5.96. The molecule has 0 aliphatic rings. The molecule has 2 rings (SSSR count). The third-order valence-electron chi connectivity index (χ3n) is 2.71. The zero-order valence-corrected chi connectivity index (χ0v) is 13.0. The number of benzene rings is 2. The SMILES string of the molecule is C/C(=N/NC(=O)c1cccc(I)c1)c1ccccc1O. The molecule has 0 saturated carbocycles. The second kappa shape index (κ2) is 6.51. The third kappa shape index (κ3) is 3.57. The van der Waals surface area contributed by atoms with Crippen molar-refractivity contribution in [2.45, 2.75) is 6.92 Å². The summed E-state index contributed by atoms with van der Waals surface area (Å²) in [6.45, 7) is 1.73. The molecular formula is C15H13IN2O2. The molecule has 2 aromatic rings. The fourth-order valence-electron chi connectivity index (χ4n) is 1.67. The van der Waals surface area contributed by atoms with Crippen molar-refractivity contribution in [1.82, 2.24) is 5.43 Å². The van der Waals surface area contributed by atoms with E-state index in [-0.39, 0.29) is 11.7 Å². The molecule has 20 heavy (non-hydrogen) atoms. The van der Waals surface area contributed by atoms with Crippen LogP contribution in [0.15, 0.2) is 53.6 Å². The number of carbonyl (C=O) groups excluding carboxylic acids is 1. The lowest BCUT2D eigenvalue weighted by molar-refractivity contribution is 0.0954. The van der Waals surface area contributed by atoms with E-state index in [9.17, 15) is 9.90 Å². The number of rotatable bonds is 3. The van der Waals surface area contributed by atoms with Gasteiger partial charge in [0.25, 0.3) is 5.91 Å². The minimum absolute atomic E-state index is 0.136. The number of hydrogen-bond donors (Lipinski definition) is 2. The molecule has 0 aliphatic heterocycles. The number of aromatic hydroxyl groups is 1. The van der Waals surface area contributed by atoms with Crippen LogP contribution in [0.1, 0.15) is 22.8 Å². The van der Waals surface area contributed by atoms with E-state index in [2.05, 4.69) is 33.1 Å². The maximum atomic E-state index is 11.9. The maximum absolute atomic E-state index is 11.9. The Morgan fingerprint density at radius 2 is 1.95 bits per heavy atom. The number of hydrazone groups is 1. The molecule has 0 radical (unpaired) electrons. The van der Waals surface area contributed by atoms with Crippen molar-refractivity contribution >= 4 is 34.2 Å². The van der Waals surface area contributed by atoms with Crippen LogP contribution in [0.5, 0.6) is 5.75 Å². The monoisotopic (exact) mass is 380 g/mol. The molecule has 0 atom stereocenters. The Bertz CT molecular complexity index is 668. The molecule has 0 spiro atoms. The van der Waals surface area contributed by atoms with Gasteiger partial charge in [-0.15, -0.1) is 0 Å². The van der Waals surface area contributed by atoms with Gasteiger partial charge in [0.2, 0.25) is 0 Å². The lowest BCUT2D eigenvalue weighted by Gasteiger charge is -2.05. The van der Waals surface area contributed by atoms with Gasteiger partial charge in [0.15, 0.2) is 0 Å². The van der Waals surface area contributed by atoms with Gasteiger partial charge in [-0.25, -0.2) is 5.43 Å². The topological polar surface area (TPSA) is 61.7 Å². The number of nitrogens with zero attached hydrogens (tertiary/aromatic N) is 1. The van der Waals surface area contributed by atoms with Gasteiger partial charge in [-0.05, 0) is 59.8 Å². The second-order valence-corrected chi connectivity index (χ2v) is 5.41. The summed E-state index contributed by atoms with van der Waals surface area (Å²) in [6.07, 6.45) is 0. The van der Waals surface area contributed by atoms with Crippen molar-refractivity contribution in [3.63, 3.8) is 0 Å². The number of para-hydroxylation sites is 1. The Balaban J connectivity index is 2.13. The molecule has 0 aliphatic carbocycles. The number of phenolic OH excluding ortho intramolecular Hbond substituents is 1. The summed E-state index contributed by atoms with van der Waals surface area (Å²) in [6, 6.07) is 14.1. The molecule has 0 bridgehead atoms. The van der Waals surface area contributed by atoms with Crippen LogP contribution < -0.4 is 5.43 Å². The average molecular weight is 380 g/mol. The van der Waals surface area contributed by atoms with Crippen LogP contribution in [0.3, 0.4) is 0 Å². The molecule has 0 saturated heterocycles. The fourth-order valence-corrected chi connectivity index (χ4v) is 2.21.